The number of rotatable bonds is 5. The molecule has 0 saturated carbocycles. The van der Waals surface area contributed by atoms with Gasteiger partial charge in [-0.3, -0.25) is 9.69 Å². The van der Waals surface area contributed by atoms with Crippen LogP contribution in [-0.2, 0) is 11.2 Å². The van der Waals surface area contributed by atoms with Crippen LogP contribution in [0.5, 0.6) is 0 Å². The molecule has 88 valence electrons. The third-order valence-corrected chi connectivity index (χ3v) is 2.86. The van der Waals surface area contributed by atoms with Crippen molar-refractivity contribution in [3.05, 3.63) is 35.9 Å². The zero-order chi connectivity index (χ0) is 12.1. The number of nitrogens with zero attached hydrogens (tertiary/aromatic N) is 1. The number of likely N-dealkylation sites (N-methyl/N-ethyl adjacent to an activating group) is 1. The molecule has 1 rings (SSSR count). The SMILES string of the molecule is CC(C)N(C)C(Cc1ccccc1)C(=O)O. The maximum Gasteiger partial charge on any atom is 0.321 e. The molecule has 1 unspecified atom stereocenters. The third kappa shape index (κ3) is 3.35. The first-order chi connectivity index (χ1) is 7.52. The van der Waals surface area contributed by atoms with Crippen molar-refractivity contribution in [2.75, 3.05) is 7.05 Å². The second-order valence-corrected chi connectivity index (χ2v) is 4.30. The topological polar surface area (TPSA) is 40.5 Å². The van der Waals surface area contributed by atoms with Gasteiger partial charge >= 0.3 is 5.97 Å². The molecule has 0 bridgehead atoms. The van der Waals surface area contributed by atoms with Gasteiger partial charge in [0, 0.05) is 6.04 Å². The predicted molar refractivity (Wildman–Crippen MR) is 64.5 cm³/mol. The van der Waals surface area contributed by atoms with Crippen molar-refractivity contribution in [1.82, 2.24) is 4.90 Å². The lowest BCUT2D eigenvalue weighted by Gasteiger charge is -2.28. The first-order valence-electron chi connectivity index (χ1n) is 5.51. The minimum Gasteiger partial charge on any atom is -0.480 e. The van der Waals surface area contributed by atoms with E-state index in [-0.39, 0.29) is 6.04 Å². The maximum atomic E-state index is 11.2. The van der Waals surface area contributed by atoms with Gasteiger partial charge in [-0.25, -0.2) is 0 Å². The van der Waals surface area contributed by atoms with Crippen LogP contribution in [0.15, 0.2) is 30.3 Å². The number of aliphatic carboxylic acids is 1. The van der Waals surface area contributed by atoms with Crippen LogP contribution in [0.4, 0.5) is 0 Å². The standard InChI is InChI=1S/C13H19NO2/c1-10(2)14(3)12(13(15)16)9-11-7-5-4-6-8-11/h4-8,10,12H,9H2,1-3H3,(H,15,16). The Bertz CT molecular complexity index is 335. The number of hydrogen-bond donors (Lipinski definition) is 1. The molecule has 3 heteroatoms. The fraction of sp³-hybridized carbons (Fsp3) is 0.462. The zero-order valence-electron chi connectivity index (χ0n) is 10.1. The van der Waals surface area contributed by atoms with E-state index in [1.165, 1.54) is 0 Å². The summed E-state index contributed by atoms with van der Waals surface area (Å²) < 4.78 is 0. The van der Waals surface area contributed by atoms with Crippen LogP contribution in [0.25, 0.3) is 0 Å². The summed E-state index contributed by atoms with van der Waals surface area (Å²) >= 11 is 0. The van der Waals surface area contributed by atoms with E-state index < -0.39 is 12.0 Å². The minimum absolute atomic E-state index is 0.227. The summed E-state index contributed by atoms with van der Waals surface area (Å²) in [4.78, 5) is 13.1. The first kappa shape index (κ1) is 12.7. The van der Waals surface area contributed by atoms with Crippen molar-refractivity contribution in [3.63, 3.8) is 0 Å². The van der Waals surface area contributed by atoms with Gasteiger partial charge in [0.05, 0.1) is 0 Å². The Morgan fingerprint density at radius 3 is 2.31 bits per heavy atom. The Hall–Kier alpha value is -1.35. The van der Waals surface area contributed by atoms with Gasteiger partial charge in [-0.15, -0.1) is 0 Å². The normalized spacial score (nSPS) is 13.1. The van der Waals surface area contributed by atoms with E-state index in [9.17, 15) is 9.90 Å². The monoisotopic (exact) mass is 221 g/mol. The second kappa shape index (κ2) is 5.66. The van der Waals surface area contributed by atoms with E-state index in [1.54, 1.807) is 0 Å². The second-order valence-electron chi connectivity index (χ2n) is 4.30. The van der Waals surface area contributed by atoms with Crippen molar-refractivity contribution in [2.45, 2.75) is 32.4 Å². The average Bonchev–Trinajstić information content (AvgIpc) is 2.26. The summed E-state index contributed by atoms with van der Waals surface area (Å²) in [6.45, 7) is 4.00. The molecule has 0 aliphatic carbocycles. The highest BCUT2D eigenvalue weighted by Gasteiger charge is 2.24. The van der Waals surface area contributed by atoms with Gasteiger partial charge in [0.2, 0.25) is 0 Å². The van der Waals surface area contributed by atoms with Crippen LogP contribution in [0.1, 0.15) is 19.4 Å². The number of hydrogen-bond acceptors (Lipinski definition) is 2. The lowest BCUT2D eigenvalue weighted by atomic mass is 10.0. The molecule has 0 saturated heterocycles. The maximum absolute atomic E-state index is 11.2. The Labute approximate surface area is 96.7 Å². The third-order valence-electron chi connectivity index (χ3n) is 2.86. The van der Waals surface area contributed by atoms with Gasteiger partial charge in [0.15, 0.2) is 0 Å². The largest absolute Gasteiger partial charge is 0.480 e. The van der Waals surface area contributed by atoms with Gasteiger partial charge in [-0.1, -0.05) is 30.3 Å². The highest BCUT2D eigenvalue weighted by molar-refractivity contribution is 5.74. The molecule has 0 fully saturated rings. The quantitative estimate of drug-likeness (QED) is 0.827. The number of carboxylic acids is 1. The molecule has 0 aliphatic heterocycles. The van der Waals surface area contributed by atoms with Gasteiger partial charge < -0.3 is 5.11 Å². The van der Waals surface area contributed by atoms with Crippen molar-refractivity contribution in [1.29, 1.82) is 0 Å². The Balaban J connectivity index is 2.77. The summed E-state index contributed by atoms with van der Waals surface area (Å²) in [5.74, 6) is -0.764. The first-order valence-corrected chi connectivity index (χ1v) is 5.51. The smallest absolute Gasteiger partial charge is 0.321 e. The average molecular weight is 221 g/mol. The van der Waals surface area contributed by atoms with Crippen LogP contribution in [0.3, 0.4) is 0 Å². The van der Waals surface area contributed by atoms with Gasteiger partial charge in [-0.2, -0.15) is 0 Å². The lowest BCUT2D eigenvalue weighted by Crippen LogP contribution is -2.43. The molecule has 1 aromatic carbocycles. The molecule has 0 radical (unpaired) electrons. The van der Waals surface area contributed by atoms with Crippen molar-refractivity contribution in [3.8, 4) is 0 Å². The molecule has 0 aliphatic rings. The minimum atomic E-state index is -0.764. The molecule has 0 amide bonds. The lowest BCUT2D eigenvalue weighted by molar-refractivity contribution is -0.143. The molecule has 1 N–H and O–H groups in total. The van der Waals surface area contributed by atoms with E-state index >= 15 is 0 Å². The van der Waals surface area contributed by atoms with Crippen LogP contribution in [-0.4, -0.2) is 35.1 Å². The number of benzene rings is 1. The summed E-state index contributed by atoms with van der Waals surface area (Å²) in [5, 5.41) is 9.21. The summed E-state index contributed by atoms with van der Waals surface area (Å²) in [7, 11) is 1.85. The van der Waals surface area contributed by atoms with E-state index in [0.717, 1.165) is 5.56 Å². The fourth-order valence-electron chi connectivity index (χ4n) is 1.60. The van der Waals surface area contributed by atoms with Gasteiger partial charge in [0.1, 0.15) is 6.04 Å². The Morgan fingerprint density at radius 1 is 1.31 bits per heavy atom. The molecule has 0 heterocycles. The molecule has 1 atom stereocenters. The van der Waals surface area contributed by atoms with Crippen LogP contribution >= 0.6 is 0 Å². The summed E-state index contributed by atoms with van der Waals surface area (Å²) in [5.41, 5.74) is 1.06. The van der Waals surface area contributed by atoms with E-state index in [2.05, 4.69) is 0 Å². The molecule has 3 nitrogen and oxygen atoms in total. The molecule has 16 heavy (non-hydrogen) atoms. The molecule has 1 aromatic rings. The van der Waals surface area contributed by atoms with Gasteiger partial charge in [-0.05, 0) is 32.9 Å². The number of carboxylic acid groups (broad SMARTS) is 1. The zero-order valence-corrected chi connectivity index (χ0v) is 10.1. The molecular weight excluding hydrogens is 202 g/mol. The summed E-state index contributed by atoms with van der Waals surface area (Å²) in [6, 6.07) is 9.50. The van der Waals surface area contributed by atoms with Gasteiger partial charge in [0.25, 0.3) is 0 Å². The van der Waals surface area contributed by atoms with Crippen LogP contribution in [0.2, 0.25) is 0 Å². The van der Waals surface area contributed by atoms with Crippen molar-refractivity contribution in [2.24, 2.45) is 0 Å². The Kier molecular flexibility index (Phi) is 4.50. The number of carbonyl (C=O) groups is 1. The van der Waals surface area contributed by atoms with E-state index in [4.69, 9.17) is 0 Å². The molecule has 0 aromatic heterocycles. The molecular formula is C13H19NO2. The molecule has 0 spiro atoms. The summed E-state index contributed by atoms with van der Waals surface area (Å²) in [6.07, 6.45) is 0.546. The van der Waals surface area contributed by atoms with Crippen LogP contribution < -0.4 is 0 Å². The van der Waals surface area contributed by atoms with Crippen LogP contribution in [0, 0.1) is 0 Å². The van der Waals surface area contributed by atoms with Crippen molar-refractivity contribution < 1.29 is 9.90 Å². The van der Waals surface area contributed by atoms with E-state index in [0.29, 0.717) is 6.42 Å². The highest BCUT2D eigenvalue weighted by Crippen LogP contribution is 2.10. The predicted octanol–water partition coefficient (Wildman–Crippen LogP) is 2.02. The highest BCUT2D eigenvalue weighted by atomic mass is 16.4. The van der Waals surface area contributed by atoms with Crippen molar-refractivity contribution >= 4 is 5.97 Å². The Morgan fingerprint density at radius 2 is 1.88 bits per heavy atom. The van der Waals surface area contributed by atoms with E-state index in [1.807, 2.05) is 56.1 Å². The fourth-order valence-corrected chi connectivity index (χ4v) is 1.60.